The fraction of sp³-hybridized carbons (Fsp3) is 0.368. The van der Waals surface area contributed by atoms with E-state index >= 15 is 0 Å². The Labute approximate surface area is 127 Å². The molecule has 0 fully saturated rings. The van der Waals surface area contributed by atoms with Gasteiger partial charge in [-0.05, 0) is 73.6 Å². The molecule has 2 heteroatoms. The van der Waals surface area contributed by atoms with Crippen molar-refractivity contribution in [3.8, 4) is 11.5 Å². The van der Waals surface area contributed by atoms with Gasteiger partial charge in [-0.15, -0.1) is 0 Å². The highest BCUT2D eigenvalue weighted by atomic mass is 16.5. The van der Waals surface area contributed by atoms with Crippen LogP contribution in [0.3, 0.4) is 0 Å². The lowest BCUT2D eigenvalue weighted by Crippen LogP contribution is -1.98. The van der Waals surface area contributed by atoms with Gasteiger partial charge < -0.3 is 9.84 Å². The standard InChI is InChI=1S/C19H24O2/c1-5-8-21-19-7-6-16(9-15(19)4)12-17-10-14(3)18(20)11-13(17)2/h6-7,9-11,20H,5,8,12H2,1-4H3. The van der Waals surface area contributed by atoms with Crippen molar-refractivity contribution in [3.05, 3.63) is 58.1 Å². The van der Waals surface area contributed by atoms with E-state index in [9.17, 15) is 5.11 Å². The normalized spacial score (nSPS) is 10.7. The average molecular weight is 284 g/mol. The number of rotatable bonds is 5. The molecule has 0 unspecified atom stereocenters. The molecule has 0 aliphatic carbocycles. The number of aromatic hydroxyl groups is 1. The van der Waals surface area contributed by atoms with Crippen molar-refractivity contribution < 1.29 is 9.84 Å². The van der Waals surface area contributed by atoms with Crippen molar-refractivity contribution in [1.82, 2.24) is 0 Å². The van der Waals surface area contributed by atoms with Gasteiger partial charge in [0.25, 0.3) is 0 Å². The van der Waals surface area contributed by atoms with Gasteiger partial charge in [-0.3, -0.25) is 0 Å². The van der Waals surface area contributed by atoms with Crippen LogP contribution in [0.5, 0.6) is 11.5 Å². The van der Waals surface area contributed by atoms with E-state index in [1.54, 1.807) is 0 Å². The summed E-state index contributed by atoms with van der Waals surface area (Å²) in [7, 11) is 0. The topological polar surface area (TPSA) is 29.5 Å². The molecule has 0 aromatic heterocycles. The minimum atomic E-state index is 0.371. The summed E-state index contributed by atoms with van der Waals surface area (Å²) < 4.78 is 5.72. The van der Waals surface area contributed by atoms with Crippen molar-refractivity contribution in [2.45, 2.75) is 40.5 Å². The maximum Gasteiger partial charge on any atom is 0.122 e. The number of phenolic OH excluding ortho intramolecular Hbond substituents is 1. The van der Waals surface area contributed by atoms with E-state index in [1.807, 2.05) is 19.9 Å². The third-order valence-electron chi connectivity index (χ3n) is 3.75. The largest absolute Gasteiger partial charge is 0.508 e. The number of phenols is 1. The number of benzene rings is 2. The molecular formula is C19H24O2. The molecule has 1 N–H and O–H groups in total. The van der Waals surface area contributed by atoms with E-state index in [4.69, 9.17) is 4.74 Å². The summed E-state index contributed by atoms with van der Waals surface area (Å²) >= 11 is 0. The minimum absolute atomic E-state index is 0.371. The second-order valence-corrected chi connectivity index (χ2v) is 5.69. The van der Waals surface area contributed by atoms with Gasteiger partial charge in [0.1, 0.15) is 11.5 Å². The van der Waals surface area contributed by atoms with Crippen LogP contribution in [-0.4, -0.2) is 11.7 Å². The monoisotopic (exact) mass is 284 g/mol. The van der Waals surface area contributed by atoms with Crippen LogP contribution < -0.4 is 4.74 Å². The summed E-state index contributed by atoms with van der Waals surface area (Å²) in [6, 6.07) is 10.3. The van der Waals surface area contributed by atoms with Crippen LogP contribution in [0.2, 0.25) is 0 Å². The second-order valence-electron chi connectivity index (χ2n) is 5.69. The molecule has 0 aliphatic heterocycles. The van der Waals surface area contributed by atoms with Crippen LogP contribution >= 0.6 is 0 Å². The first-order valence-electron chi connectivity index (χ1n) is 7.52. The first kappa shape index (κ1) is 15.4. The van der Waals surface area contributed by atoms with E-state index in [2.05, 4.69) is 38.1 Å². The number of ether oxygens (including phenoxy) is 1. The average Bonchev–Trinajstić information content (AvgIpc) is 2.44. The lowest BCUT2D eigenvalue weighted by atomic mass is 9.97. The zero-order chi connectivity index (χ0) is 15.4. The smallest absolute Gasteiger partial charge is 0.122 e. The molecular weight excluding hydrogens is 260 g/mol. The quantitative estimate of drug-likeness (QED) is 0.862. The molecule has 0 amide bonds. The lowest BCUT2D eigenvalue weighted by Gasteiger charge is -2.12. The highest BCUT2D eigenvalue weighted by Gasteiger charge is 2.06. The first-order chi connectivity index (χ1) is 10.0. The SMILES string of the molecule is CCCOc1ccc(Cc2cc(C)c(O)cc2C)cc1C. The summed E-state index contributed by atoms with van der Waals surface area (Å²) in [5.74, 6) is 1.34. The maximum absolute atomic E-state index is 9.74. The van der Waals surface area contributed by atoms with E-state index in [0.717, 1.165) is 36.3 Å². The number of hydrogen-bond donors (Lipinski definition) is 1. The molecule has 2 aromatic carbocycles. The van der Waals surface area contributed by atoms with Crippen LogP contribution in [0, 0.1) is 20.8 Å². The zero-order valence-electron chi connectivity index (χ0n) is 13.4. The Balaban J connectivity index is 2.20. The molecule has 0 saturated heterocycles. The van der Waals surface area contributed by atoms with Crippen molar-refractivity contribution in [1.29, 1.82) is 0 Å². The van der Waals surface area contributed by atoms with E-state index in [-0.39, 0.29) is 0 Å². The zero-order valence-corrected chi connectivity index (χ0v) is 13.4. The third-order valence-corrected chi connectivity index (χ3v) is 3.75. The maximum atomic E-state index is 9.74. The van der Waals surface area contributed by atoms with Gasteiger partial charge >= 0.3 is 0 Å². The summed E-state index contributed by atoms with van der Waals surface area (Å²) in [5, 5.41) is 9.74. The Morgan fingerprint density at radius 1 is 0.952 bits per heavy atom. The predicted octanol–water partition coefficient (Wildman–Crippen LogP) is 4.70. The molecule has 2 aromatic rings. The van der Waals surface area contributed by atoms with Gasteiger partial charge in [-0.1, -0.05) is 25.1 Å². The molecule has 2 rings (SSSR count). The fourth-order valence-corrected chi connectivity index (χ4v) is 2.47. The van der Waals surface area contributed by atoms with Gasteiger partial charge in [0.15, 0.2) is 0 Å². The summed E-state index contributed by atoms with van der Waals surface area (Å²) in [4.78, 5) is 0. The number of hydrogen-bond acceptors (Lipinski definition) is 2. The van der Waals surface area contributed by atoms with Gasteiger partial charge in [0.2, 0.25) is 0 Å². The molecule has 112 valence electrons. The Morgan fingerprint density at radius 3 is 2.38 bits per heavy atom. The first-order valence-corrected chi connectivity index (χ1v) is 7.52. The van der Waals surface area contributed by atoms with Crippen LogP contribution in [0.15, 0.2) is 30.3 Å². The van der Waals surface area contributed by atoms with Gasteiger partial charge in [0, 0.05) is 0 Å². The molecule has 0 saturated carbocycles. The fourth-order valence-electron chi connectivity index (χ4n) is 2.47. The van der Waals surface area contributed by atoms with Crippen molar-refractivity contribution in [2.75, 3.05) is 6.61 Å². The van der Waals surface area contributed by atoms with Crippen LogP contribution in [0.25, 0.3) is 0 Å². The van der Waals surface area contributed by atoms with E-state index in [0.29, 0.717) is 5.75 Å². The molecule has 0 radical (unpaired) electrons. The number of aryl methyl sites for hydroxylation is 3. The minimum Gasteiger partial charge on any atom is -0.508 e. The molecule has 0 atom stereocenters. The van der Waals surface area contributed by atoms with Crippen LogP contribution in [-0.2, 0) is 6.42 Å². The Kier molecular flexibility index (Phi) is 4.89. The van der Waals surface area contributed by atoms with E-state index in [1.165, 1.54) is 16.7 Å². The van der Waals surface area contributed by atoms with Gasteiger partial charge in [0.05, 0.1) is 6.61 Å². The Morgan fingerprint density at radius 2 is 1.71 bits per heavy atom. The predicted molar refractivity (Wildman–Crippen MR) is 87.4 cm³/mol. The van der Waals surface area contributed by atoms with Gasteiger partial charge in [-0.25, -0.2) is 0 Å². The lowest BCUT2D eigenvalue weighted by molar-refractivity contribution is 0.315. The van der Waals surface area contributed by atoms with Gasteiger partial charge in [-0.2, -0.15) is 0 Å². The van der Waals surface area contributed by atoms with Crippen LogP contribution in [0.4, 0.5) is 0 Å². The molecule has 0 bridgehead atoms. The van der Waals surface area contributed by atoms with Crippen LogP contribution in [0.1, 0.15) is 41.2 Å². The second kappa shape index (κ2) is 6.66. The van der Waals surface area contributed by atoms with Crippen molar-refractivity contribution >= 4 is 0 Å². The summed E-state index contributed by atoms with van der Waals surface area (Å²) in [5.41, 5.74) is 5.75. The highest BCUT2D eigenvalue weighted by Crippen LogP contribution is 2.25. The Bertz CT molecular complexity index is 630. The molecule has 21 heavy (non-hydrogen) atoms. The van der Waals surface area contributed by atoms with E-state index < -0.39 is 0 Å². The molecule has 0 aliphatic rings. The highest BCUT2D eigenvalue weighted by molar-refractivity contribution is 5.44. The summed E-state index contributed by atoms with van der Waals surface area (Å²) in [6.45, 7) is 8.94. The van der Waals surface area contributed by atoms with Crippen molar-refractivity contribution in [3.63, 3.8) is 0 Å². The molecule has 0 heterocycles. The molecule has 2 nitrogen and oxygen atoms in total. The Hall–Kier alpha value is -1.96. The molecule has 0 spiro atoms. The summed E-state index contributed by atoms with van der Waals surface area (Å²) in [6.07, 6.45) is 1.90. The third kappa shape index (κ3) is 3.78. The van der Waals surface area contributed by atoms with Crippen molar-refractivity contribution in [2.24, 2.45) is 0 Å².